The number of aryl methyl sites for hydroxylation is 1. The number of guanidine groups is 1. The van der Waals surface area contributed by atoms with Crippen LogP contribution in [0, 0.1) is 12.8 Å². The minimum absolute atomic E-state index is 0.130. The van der Waals surface area contributed by atoms with E-state index >= 15 is 0 Å². The minimum atomic E-state index is 0.130. The standard InChI is InChI=1S/C16H27N3O/c1-5-7-13-10-14(13)19-16(17-6-2)18-12(4)15-9-8-11(3)20-15/h8-9,12-14H,5-7,10H2,1-4H3,(H2,17,18,19). The van der Waals surface area contributed by atoms with Crippen molar-refractivity contribution in [3.05, 3.63) is 23.7 Å². The fourth-order valence-corrected chi connectivity index (χ4v) is 2.54. The number of rotatable bonds is 6. The summed E-state index contributed by atoms with van der Waals surface area (Å²) in [4.78, 5) is 4.52. The van der Waals surface area contributed by atoms with Crippen LogP contribution in [0.25, 0.3) is 0 Å². The second kappa shape index (κ2) is 6.82. The van der Waals surface area contributed by atoms with E-state index < -0.39 is 0 Å². The smallest absolute Gasteiger partial charge is 0.192 e. The van der Waals surface area contributed by atoms with Gasteiger partial charge < -0.3 is 15.1 Å². The number of hydrogen-bond donors (Lipinski definition) is 2. The van der Waals surface area contributed by atoms with Crippen LogP contribution in [0.4, 0.5) is 0 Å². The van der Waals surface area contributed by atoms with Crippen molar-refractivity contribution in [1.82, 2.24) is 10.6 Å². The predicted octanol–water partition coefficient (Wildman–Crippen LogP) is 3.39. The van der Waals surface area contributed by atoms with E-state index in [1.54, 1.807) is 0 Å². The van der Waals surface area contributed by atoms with Crippen molar-refractivity contribution in [2.75, 3.05) is 6.54 Å². The van der Waals surface area contributed by atoms with Crippen molar-refractivity contribution < 1.29 is 4.42 Å². The Balaban J connectivity index is 1.88. The summed E-state index contributed by atoms with van der Waals surface area (Å²) in [7, 11) is 0. The first-order valence-corrected chi connectivity index (χ1v) is 7.77. The van der Waals surface area contributed by atoms with E-state index in [1.807, 2.05) is 19.1 Å². The zero-order valence-electron chi connectivity index (χ0n) is 13.1. The van der Waals surface area contributed by atoms with Crippen LogP contribution in [-0.4, -0.2) is 18.5 Å². The zero-order valence-corrected chi connectivity index (χ0v) is 13.1. The van der Waals surface area contributed by atoms with Gasteiger partial charge in [0.1, 0.15) is 11.5 Å². The minimum Gasteiger partial charge on any atom is -0.464 e. The molecule has 1 heterocycles. The highest BCUT2D eigenvalue weighted by Crippen LogP contribution is 2.34. The summed E-state index contributed by atoms with van der Waals surface area (Å²) in [6, 6.07) is 4.74. The number of nitrogens with one attached hydrogen (secondary N) is 2. The van der Waals surface area contributed by atoms with Crippen LogP contribution in [0.5, 0.6) is 0 Å². The molecule has 1 fully saturated rings. The van der Waals surface area contributed by atoms with Crippen LogP contribution < -0.4 is 10.6 Å². The fourth-order valence-electron chi connectivity index (χ4n) is 2.54. The average molecular weight is 277 g/mol. The molecule has 4 nitrogen and oxygen atoms in total. The van der Waals surface area contributed by atoms with Gasteiger partial charge >= 0.3 is 0 Å². The van der Waals surface area contributed by atoms with Gasteiger partial charge in [-0.25, -0.2) is 0 Å². The first-order valence-electron chi connectivity index (χ1n) is 7.77. The van der Waals surface area contributed by atoms with E-state index in [9.17, 15) is 0 Å². The van der Waals surface area contributed by atoms with Crippen LogP contribution in [-0.2, 0) is 0 Å². The van der Waals surface area contributed by atoms with Gasteiger partial charge in [-0.2, -0.15) is 0 Å². The highest BCUT2D eigenvalue weighted by Gasteiger charge is 2.36. The monoisotopic (exact) mass is 277 g/mol. The maximum Gasteiger partial charge on any atom is 0.192 e. The molecule has 0 bridgehead atoms. The van der Waals surface area contributed by atoms with Gasteiger partial charge in [-0.3, -0.25) is 4.99 Å². The van der Waals surface area contributed by atoms with Gasteiger partial charge in [0, 0.05) is 12.6 Å². The van der Waals surface area contributed by atoms with Crippen molar-refractivity contribution in [3.8, 4) is 0 Å². The molecule has 1 saturated carbocycles. The molecule has 0 saturated heterocycles. The Hall–Kier alpha value is -1.45. The van der Waals surface area contributed by atoms with Crippen LogP contribution in [0.3, 0.4) is 0 Å². The summed E-state index contributed by atoms with van der Waals surface area (Å²) >= 11 is 0. The van der Waals surface area contributed by atoms with Gasteiger partial charge in [-0.1, -0.05) is 13.3 Å². The third-order valence-corrected chi connectivity index (χ3v) is 3.76. The van der Waals surface area contributed by atoms with Crippen LogP contribution in [0.15, 0.2) is 21.5 Å². The molecule has 0 spiro atoms. The molecular weight excluding hydrogens is 250 g/mol. The Morgan fingerprint density at radius 2 is 2.25 bits per heavy atom. The van der Waals surface area contributed by atoms with Crippen LogP contribution in [0.1, 0.15) is 57.6 Å². The van der Waals surface area contributed by atoms with Crippen molar-refractivity contribution >= 4 is 5.96 Å². The van der Waals surface area contributed by atoms with Gasteiger partial charge in [0.15, 0.2) is 5.96 Å². The molecule has 3 unspecified atom stereocenters. The quantitative estimate of drug-likeness (QED) is 0.619. The molecule has 112 valence electrons. The first-order chi connectivity index (χ1) is 9.63. The number of nitrogens with zero attached hydrogens (tertiary/aromatic N) is 1. The number of furan rings is 1. The van der Waals surface area contributed by atoms with E-state index in [0.29, 0.717) is 6.04 Å². The highest BCUT2D eigenvalue weighted by molar-refractivity contribution is 5.80. The summed E-state index contributed by atoms with van der Waals surface area (Å²) < 4.78 is 5.66. The number of aliphatic imine (C=N–C) groups is 1. The molecular formula is C16H27N3O. The first kappa shape index (κ1) is 14.9. The van der Waals surface area contributed by atoms with Gasteiger partial charge in [-0.15, -0.1) is 0 Å². The Morgan fingerprint density at radius 1 is 1.45 bits per heavy atom. The topological polar surface area (TPSA) is 49.6 Å². The normalized spacial score (nSPS) is 23.5. The van der Waals surface area contributed by atoms with Gasteiger partial charge in [0.2, 0.25) is 0 Å². The van der Waals surface area contributed by atoms with Crippen molar-refractivity contribution in [1.29, 1.82) is 0 Å². The molecule has 20 heavy (non-hydrogen) atoms. The Morgan fingerprint density at radius 3 is 2.85 bits per heavy atom. The van der Waals surface area contributed by atoms with Crippen molar-refractivity contribution in [2.24, 2.45) is 10.9 Å². The Labute approximate surface area is 122 Å². The summed E-state index contributed by atoms with van der Waals surface area (Å²) in [5.74, 6) is 3.62. The predicted molar refractivity (Wildman–Crippen MR) is 82.9 cm³/mol. The Kier molecular flexibility index (Phi) is 5.10. The molecule has 2 N–H and O–H groups in total. The molecule has 2 rings (SSSR count). The van der Waals surface area contributed by atoms with E-state index in [4.69, 9.17) is 4.42 Å². The average Bonchev–Trinajstić information content (AvgIpc) is 2.97. The van der Waals surface area contributed by atoms with Crippen molar-refractivity contribution in [2.45, 2.75) is 59.0 Å². The highest BCUT2D eigenvalue weighted by atomic mass is 16.3. The molecule has 0 radical (unpaired) electrons. The maximum absolute atomic E-state index is 5.66. The summed E-state index contributed by atoms with van der Waals surface area (Å²) in [6.07, 6.45) is 3.84. The lowest BCUT2D eigenvalue weighted by molar-refractivity contribution is 0.441. The molecule has 0 aromatic carbocycles. The SMILES string of the molecule is CCCC1CC1NC(=NCC)NC(C)c1ccc(C)o1. The van der Waals surface area contributed by atoms with E-state index in [0.717, 1.165) is 29.9 Å². The van der Waals surface area contributed by atoms with Crippen LogP contribution >= 0.6 is 0 Å². The lowest BCUT2D eigenvalue weighted by Gasteiger charge is -2.17. The number of hydrogen-bond acceptors (Lipinski definition) is 2. The molecule has 1 aliphatic carbocycles. The molecule has 3 atom stereocenters. The molecule has 1 aliphatic rings. The molecule has 1 aromatic rings. The maximum atomic E-state index is 5.66. The van der Waals surface area contributed by atoms with E-state index in [2.05, 4.69) is 36.4 Å². The third kappa shape index (κ3) is 4.02. The second-order valence-electron chi connectivity index (χ2n) is 5.67. The summed E-state index contributed by atoms with van der Waals surface area (Å²) in [5, 5.41) is 6.96. The second-order valence-corrected chi connectivity index (χ2v) is 5.67. The van der Waals surface area contributed by atoms with E-state index in [1.165, 1.54) is 19.3 Å². The Bertz CT molecular complexity index is 452. The van der Waals surface area contributed by atoms with Gasteiger partial charge in [0.25, 0.3) is 0 Å². The molecule has 0 amide bonds. The lowest BCUT2D eigenvalue weighted by Crippen LogP contribution is -2.40. The molecule has 4 heteroatoms. The lowest BCUT2D eigenvalue weighted by atomic mass is 10.2. The molecule has 1 aromatic heterocycles. The van der Waals surface area contributed by atoms with Gasteiger partial charge in [0.05, 0.1) is 6.04 Å². The van der Waals surface area contributed by atoms with E-state index in [-0.39, 0.29) is 6.04 Å². The largest absolute Gasteiger partial charge is 0.464 e. The summed E-state index contributed by atoms with van der Waals surface area (Å²) in [5.41, 5.74) is 0. The molecule has 0 aliphatic heterocycles. The third-order valence-electron chi connectivity index (χ3n) is 3.76. The van der Waals surface area contributed by atoms with Crippen molar-refractivity contribution in [3.63, 3.8) is 0 Å². The van der Waals surface area contributed by atoms with Gasteiger partial charge in [-0.05, 0) is 51.7 Å². The zero-order chi connectivity index (χ0) is 14.5. The fraction of sp³-hybridized carbons (Fsp3) is 0.688. The van der Waals surface area contributed by atoms with Crippen LogP contribution in [0.2, 0.25) is 0 Å². The summed E-state index contributed by atoms with van der Waals surface area (Å²) in [6.45, 7) is 9.15.